The second-order valence-electron chi connectivity index (χ2n) is 6.26. The first-order chi connectivity index (χ1) is 9.21. The largest absolute Gasteiger partial charge is 0.465 e. The predicted molar refractivity (Wildman–Crippen MR) is 77.9 cm³/mol. The van der Waals surface area contributed by atoms with Crippen LogP contribution in [0.5, 0.6) is 0 Å². The molecule has 1 atom stereocenters. The fourth-order valence-electron chi connectivity index (χ4n) is 2.97. The van der Waals surface area contributed by atoms with Gasteiger partial charge in [0.15, 0.2) is 0 Å². The molecule has 1 aliphatic heterocycles. The van der Waals surface area contributed by atoms with E-state index in [1.54, 1.807) is 15.8 Å². The van der Waals surface area contributed by atoms with Crippen molar-refractivity contribution in [1.82, 2.24) is 14.7 Å². The van der Waals surface area contributed by atoms with Crippen LogP contribution < -0.4 is 10.6 Å². The van der Waals surface area contributed by atoms with E-state index in [9.17, 15) is 9.90 Å². The zero-order valence-electron chi connectivity index (χ0n) is 12.5. The maximum absolute atomic E-state index is 11.5. The highest BCUT2D eigenvalue weighted by atomic mass is 16.4. The molecule has 7 nitrogen and oxygen atoms in total. The Morgan fingerprint density at radius 1 is 1.55 bits per heavy atom. The zero-order chi connectivity index (χ0) is 15.1. The Balaban J connectivity index is 2.18. The fraction of sp³-hybridized carbons (Fsp3) is 0.692. The third-order valence-corrected chi connectivity index (χ3v) is 3.69. The molecule has 3 N–H and O–H groups in total. The van der Waals surface area contributed by atoms with Gasteiger partial charge in [-0.05, 0) is 27.2 Å². The van der Waals surface area contributed by atoms with Gasteiger partial charge in [-0.1, -0.05) is 0 Å². The molecular formula is C13H23N5O2. The Labute approximate surface area is 118 Å². The number of nitrogens with two attached hydrogens (primary N) is 1. The standard InChI is InChI=1S/C13H23N5O2/c1-13(2,3)18(12(19)20)9-5-6-17(8-9)11-10(14)7-15-16(11)4/h7,9H,5-6,8,14H2,1-4H3,(H,19,20)/t9-/m0/s1. The van der Waals surface area contributed by atoms with Crippen LogP contribution in [0, 0.1) is 0 Å². The predicted octanol–water partition coefficient (Wildman–Crippen LogP) is 1.36. The summed E-state index contributed by atoms with van der Waals surface area (Å²) < 4.78 is 1.74. The lowest BCUT2D eigenvalue weighted by Crippen LogP contribution is -2.52. The molecule has 0 unspecified atom stereocenters. The van der Waals surface area contributed by atoms with Gasteiger partial charge in [-0.2, -0.15) is 5.10 Å². The monoisotopic (exact) mass is 281 g/mol. The molecule has 1 fully saturated rings. The summed E-state index contributed by atoms with van der Waals surface area (Å²) in [6.45, 7) is 7.19. The van der Waals surface area contributed by atoms with Crippen LogP contribution in [0.2, 0.25) is 0 Å². The molecule has 1 aromatic rings. The van der Waals surface area contributed by atoms with E-state index < -0.39 is 11.6 Å². The molecule has 1 aromatic heterocycles. The molecule has 0 bridgehead atoms. The normalized spacial score (nSPS) is 19.4. The molecule has 0 aromatic carbocycles. The Hall–Kier alpha value is -1.92. The van der Waals surface area contributed by atoms with Crippen LogP contribution in [0.3, 0.4) is 0 Å². The average molecular weight is 281 g/mol. The third-order valence-electron chi connectivity index (χ3n) is 3.69. The number of aromatic nitrogens is 2. The second-order valence-corrected chi connectivity index (χ2v) is 6.26. The number of hydrogen-bond acceptors (Lipinski definition) is 4. The van der Waals surface area contributed by atoms with Gasteiger partial charge in [-0.25, -0.2) is 4.79 Å². The number of nitrogens with zero attached hydrogens (tertiary/aromatic N) is 4. The van der Waals surface area contributed by atoms with E-state index in [0.29, 0.717) is 12.2 Å². The molecule has 1 amide bonds. The van der Waals surface area contributed by atoms with Crippen LogP contribution in [0.4, 0.5) is 16.3 Å². The van der Waals surface area contributed by atoms with Crippen molar-refractivity contribution in [3.63, 3.8) is 0 Å². The molecule has 0 spiro atoms. The number of carboxylic acid groups (broad SMARTS) is 1. The van der Waals surface area contributed by atoms with Crippen LogP contribution in [-0.2, 0) is 7.05 Å². The van der Waals surface area contributed by atoms with Crippen molar-refractivity contribution in [2.45, 2.75) is 38.8 Å². The maximum atomic E-state index is 11.5. The van der Waals surface area contributed by atoms with Crippen molar-refractivity contribution in [1.29, 1.82) is 0 Å². The van der Waals surface area contributed by atoms with Crippen molar-refractivity contribution in [3.05, 3.63) is 6.20 Å². The topological polar surface area (TPSA) is 87.6 Å². The number of carbonyl (C=O) groups is 1. The summed E-state index contributed by atoms with van der Waals surface area (Å²) in [7, 11) is 1.84. The van der Waals surface area contributed by atoms with Crippen LogP contribution in [0.1, 0.15) is 27.2 Å². The molecule has 2 heterocycles. The number of rotatable bonds is 2. The van der Waals surface area contributed by atoms with Gasteiger partial charge in [0.2, 0.25) is 0 Å². The van der Waals surface area contributed by atoms with Gasteiger partial charge in [0.05, 0.1) is 17.9 Å². The van der Waals surface area contributed by atoms with Gasteiger partial charge in [0.1, 0.15) is 5.82 Å². The summed E-state index contributed by atoms with van der Waals surface area (Å²) in [5.74, 6) is 0.867. The molecule has 20 heavy (non-hydrogen) atoms. The minimum absolute atomic E-state index is 0.0261. The van der Waals surface area contributed by atoms with Gasteiger partial charge in [-0.15, -0.1) is 0 Å². The van der Waals surface area contributed by atoms with E-state index >= 15 is 0 Å². The first-order valence-electron chi connectivity index (χ1n) is 6.76. The summed E-state index contributed by atoms with van der Waals surface area (Å²) >= 11 is 0. The summed E-state index contributed by atoms with van der Waals surface area (Å²) in [6.07, 6.45) is 1.55. The van der Waals surface area contributed by atoms with E-state index in [1.807, 2.05) is 27.8 Å². The van der Waals surface area contributed by atoms with Gasteiger partial charge in [0.25, 0.3) is 0 Å². The van der Waals surface area contributed by atoms with Gasteiger partial charge in [-0.3, -0.25) is 9.58 Å². The van der Waals surface area contributed by atoms with Gasteiger partial charge >= 0.3 is 6.09 Å². The fourth-order valence-corrected chi connectivity index (χ4v) is 2.97. The summed E-state index contributed by atoms with van der Waals surface area (Å²) in [6, 6.07) is -0.0261. The lowest BCUT2D eigenvalue weighted by molar-refractivity contribution is 0.0763. The van der Waals surface area contributed by atoms with E-state index in [2.05, 4.69) is 10.00 Å². The smallest absolute Gasteiger partial charge is 0.408 e. The number of nitrogen functional groups attached to an aromatic ring is 1. The van der Waals surface area contributed by atoms with Crippen molar-refractivity contribution >= 4 is 17.6 Å². The van der Waals surface area contributed by atoms with E-state index in [4.69, 9.17) is 5.73 Å². The summed E-state index contributed by atoms with van der Waals surface area (Å²) in [4.78, 5) is 15.2. The van der Waals surface area contributed by atoms with Crippen molar-refractivity contribution < 1.29 is 9.90 Å². The lowest BCUT2D eigenvalue weighted by Gasteiger charge is -2.38. The number of amides is 1. The number of hydrogen-bond donors (Lipinski definition) is 2. The Morgan fingerprint density at radius 2 is 2.20 bits per heavy atom. The first-order valence-corrected chi connectivity index (χ1v) is 6.76. The molecular weight excluding hydrogens is 258 g/mol. The van der Waals surface area contributed by atoms with Gasteiger partial charge in [0, 0.05) is 25.7 Å². The lowest BCUT2D eigenvalue weighted by atomic mass is 10.0. The third kappa shape index (κ3) is 2.52. The van der Waals surface area contributed by atoms with E-state index in [0.717, 1.165) is 18.8 Å². The highest BCUT2D eigenvalue weighted by Gasteiger charge is 2.38. The van der Waals surface area contributed by atoms with Crippen LogP contribution >= 0.6 is 0 Å². The zero-order valence-corrected chi connectivity index (χ0v) is 12.5. The second kappa shape index (κ2) is 4.88. The summed E-state index contributed by atoms with van der Waals surface area (Å²) in [5, 5.41) is 13.6. The van der Waals surface area contributed by atoms with Crippen molar-refractivity contribution in [2.24, 2.45) is 7.05 Å². The number of anilines is 2. The Morgan fingerprint density at radius 3 is 2.65 bits per heavy atom. The molecule has 1 aliphatic rings. The molecule has 112 valence electrons. The average Bonchev–Trinajstić information content (AvgIpc) is 2.84. The minimum atomic E-state index is -0.873. The van der Waals surface area contributed by atoms with Crippen molar-refractivity contribution in [2.75, 3.05) is 23.7 Å². The van der Waals surface area contributed by atoms with Gasteiger partial charge < -0.3 is 15.7 Å². The number of aryl methyl sites for hydroxylation is 1. The quantitative estimate of drug-likeness (QED) is 0.854. The first kappa shape index (κ1) is 14.5. The van der Waals surface area contributed by atoms with Crippen molar-refractivity contribution in [3.8, 4) is 0 Å². The highest BCUT2D eigenvalue weighted by molar-refractivity contribution is 5.67. The minimum Gasteiger partial charge on any atom is -0.465 e. The van der Waals surface area contributed by atoms with E-state index in [-0.39, 0.29) is 6.04 Å². The molecule has 2 rings (SSSR count). The molecule has 7 heteroatoms. The summed E-state index contributed by atoms with van der Waals surface area (Å²) in [5.41, 5.74) is 6.15. The molecule has 0 aliphatic carbocycles. The molecule has 0 radical (unpaired) electrons. The maximum Gasteiger partial charge on any atom is 0.408 e. The molecule has 0 saturated carbocycles. The van der Waals surface area contributed by atoms with Crippen LogP contribution in [0.15, 0.2) is 6.20 Å². The highest BCUT2D eigenvalue weighted by Crippen LogP contribution is 2.30. The van der Waals surface area contributed by atoms with Crippen LogP contribution in [0.25, 0.3) is 0 Å². The Kier molecular flexibility index (Phi) is 3.54. The SMILES string of the molecule is Cn1ncc(N)c1N1CC[C@H](N(C(=O)O)C(C)(C)C)C1. The van der Waals surface area contributed by atoms with E-state index in [1.165, 1.54) is 0 Å². The Bertz CT molecular complexity index is 486. The molecule has 1 saturated heterocycles. The van der Waals surface area contributed by atoms with Crippen LogP contribution in [-0.4, -0.2) is 50.6 Å².